The van der Waals surface area contributed by atoms with Crippen LogP contribution in [0.3, 0.4) is 0 Å². The summed E-state index contributed by atoms with van der Waals surface area (Å²) in [5, 5.41) is 1.02. The number of benzene rings is 1. The van der Waals surface area contributed by atoms with Gasteiger partial charge in [-0.1, -0.05) is 18.2 Å². The molecule has 98 valence electrons. The van der Waals surface area contributed by atoms with Crippen LogP contribution in [0.2, 0.25) is 0 Å². The number of aryl methyl sites for hydroxylation is 1. The van der Waals surface area contributed by atoms with Gasteiger partial charge >= 0.3 is 0 Å². The van der Waals surface area contributed by atoms with Crippen molar-refractivity contribution in [2.24, 2.45) is 0 Å². The first-order valence-electron chi connectivity index (χ1n) is 6.52. The minimum Gasteiger partial charge on any atom is -0.292 e. The van der Waals surface area contributed by atoms with Crippen LogP contribution < -0.4 is 0 Å². The van der Waals surface area contributed by atoms with E-state index in [1.807, 2.05) is 49.4 Å². The molecule has 0 saturated heterocycles. The number of ketones is 1. The third-order valence-corrected chi connectivity index (χ3v) is 3.29. The van der Waals surface area contributed by atoms with Crippen LogP contribution >= 0.6 is 0 Å². The van der Waals surface area contributed by atoms with Gasteiger partial charge in [-0.2, -0.15) is 0 Å². The van der Waals surface area contributed by atoms with Crippen molar-refractivity contribution in [1.82, 2.24) is 9.97 Å². The van der Waals surface area contributed by atoms with E-state index in [9.17, 15) is 4.79 Å². The number of para-hydroxylation sites is 1. The molecule has 0 radical (unpaired) electrons. The van der Waals surface area contributed by atoms with Gasteiger partial charge in [-0.15, -0.1) is 0 Å². The Balaban J connectivity index is 1.95. The highest BCUT2D eigenvalue weighted by molar-refractivity contribution is 5.98. The van der Waals surface area contributed by atoms with E-state index in [2.05, 4.69) is 9.97 Å². The number of rotatable bonds is 3. The summed E-state index contributed by atoms with van der Waals surface area (Å²) < 4.78 is 0. The Morgan fingerprint density at radius 1 is 1.05 bits per heavy atom. The zero-order valence-corrected chi connectivity index (χ0v) is 11.2. The first kappa shape index (κ1) is 12.5. The van der Waals surface area contributed by atoms with Gasteiger partial charge in [0.15, 0.2) is 5.78 Å². The second kappa shape index (κ2) is 5.21. The van der Waals surface area contributed by atoms with E-state index in [1.165, 1.54) is 0 Å². The van der Waals surface area contributed by atoms with Gasteiger partial charge in [0.25, 0.3) is 0 Å². The Bertz CT molecular complexity index is 775. The maximum atomic E-state index is 12.3. The Labute approximate surface area is 117 Å². The summed E-state index contributed by atoms with van der Waals surface area (Å²) in [4.78, 5) is 20.8. The van der Waals surface area contributed by atoms with Gasteiger partial charge in [0.05, 0.1) is 5.52 Å². The Hall–Kier alpha value is -2.55. The molecule has 0 unspecified atom stereocenters. The molecule has 0 aliphatic heterocycles. The molecule has 3 heteroatoms. The minimum absolute atomic E-state index is 0.0325. The molecular weight excluding hydrogens is 248 g/mol. The fraction of sp³-hybridized carbons (Fsp3) is 0.118. The van der Waals surface area contributed by atoms with Crippen LogP contribution in [-0.2, 0) is 6.42 Å². The summed E-state index contributed by atoms with van der Waals surface area (Å²) in [5.74, 6) is 0.0325. The topological polar surface area (TPSA) is 42.9 Å². The van der Waals surface area contributed by atoms with E-state index in [-0.39, 0.29) is 5.78 Å². The predicted molar refractivity (Wildman–Crippen MR) is 78.8 cm³/mol. The smallest absolute Gasteiger partial charge is 0.185 e. The van der Waals surface area contributed by atoms with Crippen molar-refractivity contribution < 1.29 is 4.79 Å². The van der Waals surface area contributed by atoms with Crippen LogP contribution in [0, 0.1) is 6.92 Å². The van der Waals surface area contributed by atoms with Crippen LogP contribution in [0.15, 0.2) is 54.9 Å². The van der Waals surface area contributed by atoms with E-state index >= 15 is 0 Å². The Morgan fingerprint density at radius 3 is 2.70 bits per heavy atom. The van der Waals surface area contributed by atoms with Gasteiger partial charge in [-0.3, -0.25) is 14.8 Å². The van der Waals surface area contributed by atoms with Gasteiger partial charge < -0.3 is 0 Å². The third kappa shape index (κ3) is 2.43. The van der Waals surface area contributed by atoms with Crippen molar-refractivity contribution in [1.29, 1.82) is 0 Å². The number of fused-ring (bicyclic) bond motifs is 1. The number of hydrogen-bond donors (Lipinski definition) is 0. The second-order valence-electron chi connectivity index (χ2n) is 4.81. The molecule has 0 N–H and O–H groups in total. The number of carbonyl (C=O) groups is 1. The van der Waals surface area contributed by atoms with Crippen molar-refractivity contribution in [2.75, 3.05) is 0 Å². The molecule has 0 saturated carbocycles. The number of pyridine rings is 2. The average Bonchev–Trinajstić information content (AvgIpc) is 2.47. The molecule has 3 aromatic rings. The average molecular weight is 262 g/mol. The molecule has 0 amide bonds. The summed E-state index contributed by atoms with van der Waals surface area (Å²) in [6, 6.07) is 13.5. The lowest BCUT2D eigenvalue weighted by Crippen LogP contribution is -2.06. The maximum absolute atomic E-state index is 12.3. The predicted octanol–water partition coefficient (Wildman–Crippen LogP) is 3.36. The van der Waals surface area contributed by atoms with E-state index < -0.39 is 0 Å². The molecular formula is C17H14N2O. The van der Waals surface area contributed by atoms with Gasteiger partial charge in [0, 0.05) is 24.2 Å². The van der Waals surface area contributed by atoms with Crippen molar-refractivity contribution >= 4 is 16.7 Å². The highest BCUT2D eigenvalue weighted by atomic mass is 16.1. The summed E-state index contributed by atoms with van der Waals surface area (Å²) >= 11 is 0. The molecule has 0 atom stereocenters. The molecule has 0 fully saturated rings. The number of hydrogen-bond acceptors (Lipinski definition) is 3. The first-order valence-corrected chi connectivity index (χ1v) is 6.52. The summed E-state index contributed by atoms with van der Waals surface area (Å²) in [6.45, 7) is 1.96. The molecule has 3 nitrogen and oxygen atoms in total. The van der Waals surface area contributed by atoms with Gasteiger partial charge in [-0.05, 0) is 42.3 Å². The lowest BCUT2D eigenvalue weighted by atomic mass is 10.0. The highest BCUT2D eigenvalue weighted by Gasteiger charge is 2.11. The third-order valence-electron chi connectivity index (χ3n) is 3.29. The molecule has 1 aromatic carbocycles. The monoisotopic (exact) mass is 262 g/mol. The largest absolute Gasteiger partial charge is 0.292 e. The zero-order chi connectivity index (χ0) is 13.9. The Kier molecular flexibility index (Phi) is 3.25. The Morgan fingerprint density at radius 2 is 1.85 bits per heavy atom. The second-order valence-corrected chi connectivity index (χ2v) is 4.81. The number of aromatic nitrogens is 2. The van der Waals surface area contributed by atoms with Crippen LogP contribution in [0.1, 0.15) is 21.6 Å². The molecule has 0 aliphatic rings. The van der Waals surface area contributed by atoms with E-state index in [0.29, 0.717) is 12.1 Å². The molecule has 0 bridgehead atoms. The normalized spacial score (nSPS) is 10.7. The lowest BCUT2D eigenvalue weighted by Gasteiger charge is -2.05. The van der Waals surface area contributed by atoms with E-state index in [4.69, 9.17) is 0 Å². The van der Waals surface area contributed by atoms with E-state index in [0.717, 1.165) is 22.0 Å². The minimum atomic E-state index is 0.0325. The summed E-state index contributed by atoms with van der Waals surface area (Å²) in [7, 11) is 0. The molecule has 0 aliphatic carbocycles. The quantitative estimate of drug-likeness (QED) is 0.680. The van der Waals surface area contributed by atoms with Gasteiger partial charge in [-0.25, -0.2) is 0 Å². The van der Waals surface area contributed by atoms with Crippen LogP contribution in [-0.4, -0.2) is 15.8 Å². The van der Waals surface area contributed by atoms with Crippen molar-refractivity contribution in [3.8, 4) is 0 Å². The van der Waals surface area contributed by atoms with Gasteiger partial charge in [0.2, 0.25) is 0 Å². The van der Waals surface area contributed by atoms with Crippen molar-refractivity contribution in [3.05, 3.63) is 71.7 Å². The number of Topliss-reactive ketones (excluding diaryl/α,β-unsaturated/α-hetero) is 1. The fourth-order valence-electron chi connectivity index (χ4n) is 2.26. The van der Waals surface area contributed by atoms with Crippen LogP contribution in [0.25, 0.3) is 10.9 Å². The number of nitrogens with zero attached hydrogens (tertiary/aromatic N) is 2. The first-order chi connectivity index (χ1) is 9.74. The molecule has 2 heterocycles. The molecule has 3 rings (SSSR count). The molecule has 20 heavy (non-hydrogen) atoms. The van der Waals surface area contributed by atoms with Crippen LogP contribution in [0.5, 0.6) is 0 Å². The van der Waals surface area contributed by atoms with Gasteiger partial charge in [0.1, 0.15) is 5.69 Å². The standard InChI is InChI=1S/C17H14N2O/c1-12-6-8-19-16(10-12)17(20)11-13-7-9-18-15-5-3-2-4-14(13)15/h2-10H,11H2,1H3. The zero-order valence-electron chi connectivity index (χ0n) is 11.2. The van der Waals surface area contributed by atoms with Crippen molar-refractivity contribution in [2.45, 2.75) is 13.3 Å². The van der Waals surface area contributed by atoms with Crippen LogP contribution in [0.4, 0.5) is 0 Å². The van der Waals surface area contributed by atoms with Crippen molar-refractivity contribution in [3.63, 3.8) is 0 Å². The molecule has 2 aromatic heterocycles. The summed E-state index contributed by atoms with van der Waals surface area (Å²) in [5.41, 5.74) is 3.47. The highest BCUT2D eigenvalue weighted by Crippen LogP contribution is 2.18. The van der Waals surface area contributed by atoms with E-state index in [1.54, 1.807) is 12.4 Å². The fourth-order valence-corrected chi connectivity index (χ4v) is 2.26. The SMILES string of the molecule is Cc1ccnc(C(=O)Cc2ccnc3ccccc23)c1. The number of carbonyl (C=O) groups excluding carboxylic acids is 1. The summed E-state index contributed by atoms with van der Waals surface area (Å²) in [6.07, 6.45) is 3.77. The lowest BCUT2D eigenvalue weighted by molar-refractivity contribution is 0.0988. The maximum Gasteiger partial charge on any atom is 0.185 e. The molecule has 0 spiro atoms.